The highest BCUT2D eigenvalue weighted by Gasteiger charge is 2.37. The number of aliphatic carboxylic acids is 1. The third kappa shape index (κ3) is 3.06. The Morgan fingerprint density at radius 1 is 1.15 bits per heavy atom. The molecule has 2 fully saturated rings. The molecule has 0 radical (unpaired) electrons. The number of likely N-dealkylation sites (N-methyl/N-ethyl adjacent to an activating group) is 1. The normalized spacial score (nSPS) is 30.9. The van der Waals surface area contributed by atoms with Gasteiger partial charge in [0.1, 0.15) is 0 Å². The summed E-state index contributed by atoms with van der Waals surface area (Å²) in [7, 11) is 4.08. The van der Waals surface area contributed by atoms with Crippen molar-refractivity contribution >= 4 is 12.0 Å². The van der Waals surface area contributed by atoms with Gasteiger partial charge in [0.05, 0.1) is 5.92 Å². The van der Waals surface area contributed by atoms with Gasteiger partial charge in [-0.1, -0.05) is 6.92 Å². The SMILES string of the molecule is CC1CN(C(=O)N2CCC[C@@H](C(=O)O)C2)CC1N(C)C. The van der Waals surface area contributed by atoms with Crippen LogP contribution in [-0.4, -0.2) is 78.1 Å². The van der Waals surface area contributed by atoms with Gasteiger partial charge in [-0.15, -0.1) is 0 Å². The number of nitrogens with zero attached hydrogens (tertiary/aromatic N) is 3. The highest BCUT2D eigenvalue weighted by molar-refractivity contribution is 5.77. The molecule has 1 N–H and O–H groups in total. The molecule has 0 spiro atoms. The van der Waals surface area contributed by atoms with Gasteiger partial charge < -0.3 is 19.8 Å². The zero-order chi connectivity index (χ0) is 14.9. The van der Waals surface area contributed by atoms with Crippen molar-refractivity contribution < 1.29 is 14.7 Å². The van der Waals surface area contributed by atoms with E-state index in [0.29, 0.717) is 31.5 Å². The minimum Gasteiger partial charge on any atom is -0.481 e. The van der Waals surface area contributed by atoms with E-state index >= 15 is 0 Å². The summed E-state index contributed by atoms with van der Waals surface area (Å²) in [6, 6.07) is 0.395. The Balaban J connectivity index is 1.96. The quantitative estimate of drug-likeness (QED) is 0.813. The summed E-state index contributed by atoms with van der Waals surface area (Å²) in [6.07, 6.45) is 1.46. The molecule has 2 aliphatic heterocycles. The zero-order valence-electron chi connectivity index (χ0n) is 12.6. The highest BCUT2D eigenvalue weighted by atomic mass is 16.4. The molecule has 6 nitrogen and oxygen atoms in total. The second-order valence-corrected chi connectivity index (χ2v) is 6.32. The highest BCUT2D eigenvalue weighted by Crippen LogP contribution is 2.23. The van der Waals surface area contributed by atoms with Crippen LogP contribution in [0.25, 0.3) is 0 Å². The van der Waals surface area contributed by atoms with E-state index in [-0.39, 0.29) is 6.03 Å². The molecule has 2 rings (SSSR count). The lowest BCUT2D eigenvalue weighted by atomic mass is 9.99. The van der Waals surface area contributed by atoms with Crippen LogP contribution in [0.3, 0.4) is 0 Å². The van der Waals surface area contributed by atoms with E-state index in [1.165, 1.54) is 0 Å². The summed E-state index contributed by atoms with van der Waals surface area (Å²) < 4.78 is 0. The first-order chi connectivity index (χ1) is 9.40. The molecule has 20 heavy (non-hydrogen) atoms. The Morgan fingerprint density at radius 2 is 1.85 bits per heavy atom. The summed E-state index contributed by atoms with van der Waals surface area (Å²) in [6.45, 7) is 4.69. The standard InChI is InChI=1S/C14H25N3O3/c1-10-7-17(9-12(10)15(2)3)14(20)16-6-4-5-11(8-16)13(18)19/h10-12H,4-9H2,1-3H3,(H,18,19)/t10?,11-,12?/m1/s1. The number of carbonyl (C=O) groups excluding carboxylic acids is 1. The number of urea groups is 1. The van der Waals surface area contributed by atoms with Crippen LogP contribution in [0.4, 0.5) is 4.79 Å². The van der Waals surface area contributed by atoms with Gasteiger partial charge in [-0.2, -0.15) is 0 Å². The lowest BCUT2D eigenvalue weighted by molar-refractivity contribution is -0.143. The molecule has 0 aromatic rings. The van der Waals surface area contributed by atoms with E-state index in [0.717, 1.165) is 19.5 Å². The maximum atomic E-state index is 12.5. The maximum absolute atomic E-state index is 12.5. The number of carboxylic acid groups (broad SMARTS) is 1. The number of hydrogen-bond donors (Lipinski definition) is 1. The molecule has 0 aliphatic carbocycles. The zero-order valence-corrected chi connectivity index (χ0v) is 12.6. The summed E-state index contributed by atoms with van der Waals surface area (Å²) in [4.78, 5) is 29.4. The van der Waals surface area contributed by atoms with Crippen LogP contribution in [0.1, 0.15) is 19.8 Å². The molecular weight excluding hydrogens is 258 g/mol. The first kappa shape index (κ1) is 15.1. The molecule has 2 saturated heterocycles. The van der Waals surface area contributed by atoms with E-state index in [4.69, 9.17) is 5.11 Å². The number of amides is 2. The summed E-state index contributed by atoms with van der Waals surface area (Å²) >= 11 is 0. The van der Waals surface area contributed by atoms with Crippen molar-refractivity contribution in [3.05, 3.63) is 0 Å². The second-order valence-electron chi connectivity index (χ2n) is 6.32. The molecule has 0 aromatic carbocycles. The first-order valence-corrected chi connectivity index (χ1v) is 7.33. The van der Waals surface area contributed by atoms with Crippen molar-refractivity contribution in [2.75, 3.05) is 40.3 Å². The number of carbonyl (C=O) groups is 2. The van der Waals surface area contributed by atoms with Crippen molar-refractivity contribution in [2.45, 2.75) is 25.8 Å². The Labute approximate surface area is 120 Å². The van der Waals surface area contributed by atoms with Crippen molar-refractivity contribution in [1.82, 2.24) is 14.7 Å². The van der Waals surface area contributed by atoms with Crippen LogP contribution in [0.5, 0.6) is 0 Å². The van der Waals surface area contributed by atoms with Crippen molar-refractivity contribution in [1.29, 1.82) is 0 Å². The lowest BCUT2D eigenvalue weighted by Crippen LogP contribution is -2.48. The molecule has 6 heteroatoms. The fourth-order valence-electron chi connectivity index (χ4n) is 3.33. The van der Waals surface area contributed by atoms with Crippen molar-refractivity contribution in [2.24, 2.45) is 11.8 Å². The number of piperidine rings is 1. The van der Waals surface area contributed by atoms with Gasteiger partial charge in [0, 0.05) is 32.2 Å². The predicted octanol–water partition coefficient (Wildman–Crippen LogP) is 0.785. The third-order valence-corrected chi connectivity index (χ3v) is 4.55. The molecule has 114 valence electrons. The lowest BCUT2D eigenvalue weighted by Gasteiger charge is -2.34. The van der Waals surface area contributed by atoms with E-state index in [1.54, 1.807) is 4.90 Å². The van der Waals surface area contributed by atoms with Gasteiger partial charge >= 0.3 is 12.0 Å². The Morgan fingerprint density at radius 3 is 2.40 bits per heavy atom. The van der Waals surface area contributed by atoms with Crippen LogP contribution >= 0.6 is 0 Å². The molecular formula is C14H25N3O3. The minimum atomic E-state index is -0.788. The van der Waals surface area contributed by atoms with E-state index in [2.05, 4.69) is 11.8 Å². The minimum absolute atomic E-state index is 0.00662. The van der Waals surface area contributed by atoms with E-state index in [9.17, 15) is 9.59 Å². The van der Waals surface area contributed by atoms with Crippen LogP contribution in [0.2, 0.25) is 0 Å². The van der Waals surface area contributed by atoms with Gasteiger partial charge in [0.25, 0.3) is 0 Å². The third-order valence-electron chi connectivity index (χ3n) is 4.55. The van der Waals surface area contributed by atoms with Crippen LogP contribution in [-0.2, 0) is 4.79 Å². The number of hydrogen-bond acceptors (Lipinski definition) is 3. The maximum Gasteiger partial charge on any atom is 0.320 e. The molecule has 0 bridgehead atoms. The van der Waals surface area contributed by atoms with E-state index < -0.39 is 11.9 Å². The van der Waals surface area contributed by atoms with Gasteiger partial charge in [-0.05, 0) is 32.9 Å². The summed E-state index contributed by atoms with van der Waals surface area (Å²) in [5.74, 6) is -0.741. The van der Waals surface area contributed by atoms with Crippen LogP contribution in [0.15, 0.2) is 0 Å². The average molecular weight is 283 g/mol. The molecule has 2 aliphatic rings. The molecule has 0 aromatic heterocycles. The average Bonchev–Trinajstić information content (AvgIpc) is 2.80. The molecule has 2 heterocycles. The number of carboxylic acids is 1. The van der Waals surface area contributed by atoms with Gasteiger partial charge in [0.2, 0.25) is 0 Å². The molecule has 3 atom stereocenters. The van der Waals surface area contributed by atoms with Crippen LogP contribution in [0, 0.1) is 11.8 Å². The summed E-state index contributed by atoms with van der Waals surface area (Å²) in [5.41, 5.74) is 0. The Kier molecular flexibility index (Phi) is 4.52. The van der Waals surface area contributed by atoms with Crippen molar-refractivity contribution in [3.8, 4) is 0 Å². The molecule has 2 unspecified atom stereocenters. The molecule has 0 saturated carbocycles. The fraction of sp³-hybridized carbons (Fsp3) is 0.857. The Bertz CT molecular complexity index is 386. The molecule has 2 amide bonds. The monoisotopic (exact) mass is 283 g/mol. The summed E-state index contributed by atoms with van der Waals surface area (Å²) in [5, 5.41) is 9.10. The number of likely N-dealkylation sites (tertiary alicyclic amines) is 2. The Hall–Kier alpha value is -1.30. The van der Waals surface area contributed by atoms with Gasteiger partial charge in [-0.3, -0.25) is 4.79 Å². The smallest absolute Gasteiger partial charge is 0.320 e. The van der Waals surface area contributed by atoms with Crippen molar-refractivity contribution in [3.63, 3.8) is 0 Å². The second kappa shape index (κ2) is 5.99. The fourth-order valence-corrected chi connectivity index (χ4v) is 3.33. The largest absolute Gasteiger partial charge is 0.481 e. The van der Waals surface area contributed by atoms with E-state index in [1.807, 2.05) is 19.0 Å². The predicted molar refractivity (Wildman–Crippen MR) is 75.5 cm³/mol. The van der Waals surface area contributed by atoms with Crippen LogP contribution < -0.4 is 0 Å². The number of rotatable bonds is 2. The van der Waals surface area contributed by atoms with Gasteiger partial charge in [0.15, 0.2) is 0 Å². The topological polar surface area (TPSA) is 64.1 Å². The first-order valence-electron chi connectivity index (χ1n) is 7.33. The van der Waals surface area contributed by atoms with Gasteiger partial charge in [-0.25, -0.2) is 4.79 Å².